The van der Waals surface area contributed by atoms with E-state index in [1.165, 1.54) is 25.3 Å². The highest BCUT2D eigenvalue weighted by molar-refractivity contribution is 5.98. The lowest BCUT2D eigenvalue weighted by Crippen LogP contribution is -2.35. The van der Waals surface area contributed by atoms with Crippen LogP contribution in [0.5, 0.6) is 0 Å². The molecule has 1 amide bonds. The maximum atomic E-state index is 13.4. The molecule has 0 saturated heterocycles. The molecule has 0 saturated carbocycles. The lowest BCUT2D eigenvalue weighted by Gasteiger charge is -2.26. The van der Waals surface area contributed by atoms with Gasteiger partial charge in [-0.2, -0.15) is 0 Å². The Kier molecular flexibility index (Phi) is 3.91. The van der Waals surface area contributed by atoms with E-state index in [1.54, 1.807) is 23.1 Å². The SMILES string of the molecule is COC(=O)c1ccc2[nH]c3c(c2c1)CN(C(=O)c1cc2cc(F)ccc2o1)CC3. The Balaban J connectivity index is 1.48. The minimum atomic E-state index is -0.403. The first-order valence-electron chi connectivity index (χ1n) is 9.23. The number of nitrogens with zero attached hydrogens (tertiary/aromatic N) is 1. The summed E-state index contributed by atoms with van der Waals surface area (Å²) >= 11 is 0. The number of carbonyl (C=O) groups excluding carboxylic acids is 2. The van der Waals surface area contributed by atoms with Gasteiger partial charge in [-0.05, 0) is 42.5 Å². The molecular weight excluding hydrogens is 375 g/mol. The van der Waals surface area contributed by atoms with E-state index < -0.39 is 5.97 Å². The molecular formula is C22H17FN2O4. The van der Waals surface area contributed by atoms with Crippen LogP contribution in [0.1, 0.15) is 32.2 Å². The van der Waals surface area contributed by atoms with Gasteiger partial charge in [-0.15, -0.1) is 0 Å². The molecule has 4 aromatic rings. The third-order valence-corrected chi connectivity index (χ3v) is 5.37. The number of aromatic amines is 1. The number of methoxy groups -OCH3 is 1. The molecule has 0 unspecified atom stereocenters. The third kappa shape index (κ3) is 2.86. The highest BCUT2D eigenvalue weighted by Crippen LogP contribution is 2.30. The van der Waals surface area contributed by atoms with E-state index in [9.17, 15) is 14.0 Å². The molecule has 29 heavy (non-hydrogen) atoms. The molecule has 1 aliphatic heterocycles. The fraction of sp³-hybridized carbons (Fsp3) is 0.182. The van der Waals surface area contributed by atoms with Crippen molar-refractivity contribution in [1.29, 1.82) is 0 Å². The molecule has 3 heterocycles. The van der Waals surface area contributed by atoms with Crippen LogP contribution in [0.15, 0.2) is 46.9 Å². The summed E-state index contributed by atoms with van der Waals surface area (Å²) in [6, 6.07) is 11.1. The van der Waals surface area contributed by atoms with E-state index in [0.717, 1.165) is 22.2 Å². The second-order valence-corrected chi connectivity index (χ2v) is 7.10. The predicted molar refractivity (Wildman–Crippen MR) is 104 cm³/mol. The van der Waals surface area contributed by atoms with Crippen LogP contribution < -0.4 is 0 Å². The summed E-state index contributed by atoms with van der Waals surface area (Å²) in [6.45, 7) is 0.929. The van der Waals surface area contributed by atoms with Crippen molar-refractivity contribution in [3.8, 4) is 0 Å². The maximum absolute atomic E-state index is 13.4. The quantitative estimate of drug-likeness (QED) is 0.523. The summed E-state index contributed by atoms with van der Waals surface area (Å²) in [6.07, 6.45) is 0.665. The number of H-pyrrole nitrogens is 1. The first kappa shape index (κ1) is 17.5. The number of rotatable bonds is 2. The van der Waals surface area contributed by atoms with E-state index in [0.29, 0.717) is 36.0 Å². The second kappa shape index (κ2) is 6.48. The Labute approximate surface area is 164 Å². The summed E-state index contributed by atoms with van der Waals surface area (Å²) in [5, 5.41) is 1.45. The zero-order valence-electron chi connectivity index (χ0n) is 15.6. The van der Waals surface area contributed by atoms with Crippen molar-refractivity contribution in [2.24, 2.45) is 0 Å². The standard InChI is InChI=1S/C22H17FN2O4/c1-28-22(27)12-2-4-17-15(9-12)16-11-25(7-6-18(16)24-17)21(26)20-10-13-8-14(23)3-5-19(13)29-20/h2-5,8-10,24H,6-7,11H2,1H3. The van der Waals surface area contributed by atoms with Crippen molar-refractivity contribution in [2.45, 2.75) is 13.0 Å². The van der Waals surface area contributed by atoms with E-state index in [4.69, 9.17) is 9.15 Å². The van der Waals surface area contributed by atoms with Gasteiger partial charge in [0.2, 0.25) is 0 Å². The van der Waals surface area contributed by atoms with Crippen LogP contribution in [0, 0.1) is 5.82 Å². The molecule has 0 atom stereocenters. The van der Waals surface area contributed by atoms with Crippen LogP contribution in [-0.2, 0) is 17.7 Å². The van der Waals surface area contributed by atoms with Gasteiger partial charge in [0, 0.05) is 47.1 Å². The number of aromatic nitrogens is 1. The second-order valence-electron chi connectivity index (χ2n) is 7.10. The van der Waals surface area contributed by atoms with E-state index in [-0.39, 0.29) is 17.5 Å². The topological polar surface area (TPSA) is 75.5 Å². The van der Waals surface area contributed by atoms with Gasteiger partial charge in [0.25, 0.3) is 5.91 Å². The van der Waals surface area contributed by atoms with Gasteiger partial charge in [0.15, 0.2) is 5.76 Å². The summed E-state index contributed by atoms with van der Waals surface area (Å²) < 4.78 is 23.9. The number of halogens is 1. The largest absolute Gasteiger partial charge is 0.465 e. The molecule has 1 N–H and O–H groups in total. The van der Waals surface area contributed by atoms with Crippen LogP contribution in [0.2, 0.25) is 0 Å². The Morgan fingerprint density at radius 2 is 2.03 bits per heavy atom. The zero-order chi connectivity index (χ0) is 20.1. The Bertz CT molecular complexity index is 1290. The fourth-order valence-electron chi connectivity index (χ4n) is 3.91. The molecule has 0 aliphatic carbocycles. The molecule has 146 valence electrons. The van der Waals surface area contributed by atoms with E-state index >= 15 is 0 Å². The highest BCUT2D eigenvalue weighted by atomic mass is 19.1. The smallest absolute Gasteiger partial charge is 0.337 e. The zero-order valence-corrected chi connectivity index (χ0v) is 15.6. The molecule has 1 aliphatic rings. The average molecular weight is 392 g/mol. The van der Waals surface area contributed by atoms with E-state index in [1.807, 2.05) is 6.07 Å². The van der Waals surface area contributed by atoms with Gasteiger partial charge in [-0.1, -0.05) is 0 Å². The van der Waals surface area contributed by atoms with Crippen molar-refractivity contribution < 1.29 is 23.1 Å². The number of hydrogen-bond acceptors (Lipinski definition) is 4. The number of furan rings is 1. The van der Waals surface area contributed by atoms with Gasteiger partial charge in [0.05, 0.1) is 12.7 Å². The molecule has 6 nitrogen and oxygen atoms in total. The van der Waals surface area contributed by atoms with Crippen LogP contribution in [0.3, 0.4) is 0 Å². The van der Waals surface area contributed by atoms with Gasteiger partial charge in [-0.3, -0.25) is 4.79 Å². The lowest BCUT2D eigenvalue weighted by molar-refractivity contribution is 0.0600. The van der Waals surface area contributed by atoms with Crippen molar-refractivity contribution in [1.82, 2.24) is 9.88 Å². The van der Waals surface area contributed by atoms with Crippen molar-refractivity contribution in [2.75, 3.05) is 13.7 Å². The average Bonchev–Trinajstić information content (AvgIpc) is 3.32. The Morgan fingerprint density at radius 3 is 2.86 bits per heavy atom. The lowest BCUT2D eigenvalue weighted by atomic mass is 10.0. The number of hydrogen-bond donors (Lipinski definition) is 1. The Hall–Kier alpha value is -3.61. The number of benzene rings is 2. The highest BCUT2D eigenvalue weighted by Gasteiger charge is 2.27. The maximum Gasteiger partial charge on any atom is 0.337 e. The number of esters is 1. The number of amides is 1. The van der Waals surface area contributed by atoms with Crippen molar-refractivity contribution >= 4 is 33.7 Å². The Morgan fingerprint density at radius 1 is 1.17 bits per heavy atom. The predicted octanol–water partition coefficient (Wildman–Crippen LogP) is 4.04. The molecule has 0 fully saturated rings. The van der Waals surface area contributed by atoms with Gasteiger partial charge < -0.3 is 19.0 Å². The summed E-state index contributed by atoms with van der Waals surface area (Å²) in [5.41, 5.74) is 3.88. The van der Waals surface area contributed by atoms with Gasteiger partial charge in [-0.25, -0.2) is 9.18 Å². The first-order chi connectivity index (χ1) is 14.0. The monoisotopic (exact) mass is 392 g/mol. The molecule has 2 aromatic heterocycles. The van der Waals surface area contributed by atoms with E-state index in [2.05, 4.69) is 4.98 Å². The number of ether oxygens (including phenoxy) is 1. The molecule has 7 heteroatoms. The van der Waals surface area contributed by atoms with Crippen LogP contribution in [-0.4, -0.2) is 35.4 Å². The van der Waals surface area contributed by atoms with Crippen LogP contribution >= 0.6 is 0 Å². The van der Waals surface area contributed by atoms with Crippen LogP contribution in [0.4, 0.5) is 4.39 Å². The summed E-state index contributed by atoms with van der Waals surface area (Å²) in [7, 11) is 1.35. The van der Waals surface area contributed by atoms with Crippen LogP contribution in [0.25, 0.3) is 21.9 Å². The molecule has 0 bridgehead atoms. The summed E-state index contributed by atoms with van der Waals surface area (Å²) in [4.78, 5) is 30.0. The minimum Gasteiger partial charge on any atom is -0.465 e. The first-order valence-corrected chi connectivity index (χ1v) is 9.23. The molecule has 2 aromatic carbocycles. The number of carbonyl (C=O) groups is 2. The van der Waals surface area contributed by atoms with Crippen molar-refractivity contribution in [3.05, 3.63) is 70.9 Å². The molecule has 0 radical (unpaired) electrons. The molecule has 5 rings (SSSR count). The normalized spacial score (nSPS) is 13.7. The van der Waals surface area contributed by atoms with Gasteiger partial charge >= 0.3 is 5.97 Å². The van der Waals surface area contributed by atoms with Crippen molar-refractivity contribution in [3.63, 3.8) is 0 Å². The molecule has 0 spiro atoms. The third-order valence-electron chi connectivity index (χ3n) is 5.37. The summed E-state index contributed by atoms with van der Waals surface area (Å²) in [5.74, 6) is -0.838. The number of fused-ring (bicyclic) bond motifs is 4. The van der Waals surface area contributed by atoms with Gasteiger partial charge in [0.1, 0.15) is 11.4 Å². The fourth-order valence-corrected chi connectivity index (χ4v) is 3.91. The minimum absolute atomic E-state index is 0.184. The number of nitrogens with one attached hydrogen (secondary N) is 1.